The Morgan fingerprint density at radius 2 is 2.15 bits per heavy atom. The van der Waals surface area contributed by atoms with Crippen LogP contribution >= 0.6 is 31.9 Å². The Balaban J connectivity index is 1.98. The standard InChI is InChI=1S/C13H16Br2N2O3/c1-2-16-5-8-3-10(14)12(11(15)4-8)19-7-9-6-17-13(18)20-9/h3-4,9,16H,2,5-7H2,1H3,(H,17,18). The van der Waals surface area contributed by atoms with E-state index in [0.29, 0.717) is 18.9 Å². The maximum absolute atomic E-state index is 10.9. The highest BCUT2D eigenvalue weighted by atomic mass is 79.9. The minimum absolute atomic E-state index is 0.247. The number of ether oxygens (including phenoxy) is 2. The summed E-state index contributed by atoms with van der Waals surface area (Å²) in [5.74, 6) is 0.716. The number of hydrogen-bond donors (Lipinski definition) is 2. The molecule has 2 rings (SSSR count). The number of nitrogens with one attached hydrogen (secondary N) is 2. The summed E-state index contributed by atoms with van der Waals surface area (Å²) in [4.78, 5) is 10.9. The summed E-state index contributed by atoms with van der Waals surface area (Å²) in [7, 11) is 0. The van der Waals surface area contributed by atoms with E-state index in [0.717, 1.165) is 27.6 Å². The molecule has 0 spiro atoms. The molecule has 1 fully saturated rings. The summed E-state index contributed by atoms with van der Waals surface area (Å²) in [6.07, 6.45) is -0.638. The molecule has 1 saturated heterocycles. The van der Waals surface area contributed by atoms with Gasteiger partial charge in [0.1, 0.15) is 12.4 Å². The number of rotatable bonds is 6. The number of halogens is 2. The van der Waals surface area contributed by atoms with Gasteiger partial charge in [0.15, 0.2) is 6.10 Å². The lowest BCUT2D eigenvalue weighted by Gasteiger charge is -2.14. The van der Waals surface area contributed by atoms with Gasteiger partial charge in [-0.05, 0) is 56.1 Å². The number of hydrogen-bond acceptors (Lipinski definition) is 4. The van der Waals surface area contributed by atoms with Crippen molar-refractivity contribution in [1.29, 1.82) is 0 Å². The highest BCUT2D eigenvalue weighted by Gasteiger charge is 2.23. The molecule has 0 bridgehead atoms. The van der Waals surface area contributed by atoms with Gasteiger partial charge >= 0.3 is 6.09 Å². The van der Waals surface area contributed by atoms with Crippen LogP contribution in [0.4, 0.5) is 4.79 Å². The summed E-state index contributed by atoms with van der Waals surface area (Å²) in [6, 6.07) is 4.03. The molecule has 1 aromatic rings. The molecule has 0 radical (unpaired) electrons. The predicted molar refractivity (Wildman–Crippen MR) is 83.0 cm³/mol. The van der Waals surface area contributed by atoms with Crippen LogP contribution in [0.5, 0.6) is 5.75 Å². The van der Waals surface area contributed by atoms with E-state index >= 15 is 0 Å². The summed E-state index contributed by atoms with van der Waals surface area (Å²) in [5, 5.41) is 5.87. The summed E-state index contributed by atoms with van der Waals surface area (Å²) in [6.45, 7) is 4.60. The minimum atomic E-state index is -0.391. The number of alkyl carbamates (subject to hydrolysis) is 1. The molecule has 1 unspecified atom stereocenters. The Morgan fingerprint density at radius 1 is 1.45 bits per heavy atom. The van der Waals surface area contributed by atoms with Crippen LogP contribution in [0.15, 0.2) is 21.1 Å². The highest BCUT2D eigenvalue weighted by molar-refractivity contribution is 9.11. The van der Waals surface area contributed by atoms with E-state index in [4.69, 9.17) is 9.47 Å². The third kappa shape index (κ3) is 4.10. The molecule has 5 nitrogen and oxygen atoms in total. The second-order valence-electron chi connectivity index (χ2n) is 4.39. The average molecular weight is 408 g/mol. The number of carbonyl (C=O) groups is 1. The lowest BCUT2D eigenvalue weighted by Crippen LogP contribution is -2.22. The van der Waals surface area contributed by atoms with Crippen molar-refractivity contribution in [1.82, 2.24) is 10.6 Å². The highest BCUT2D eigenvalue weighted by Crippen LogP contribution is 2.35. The minimum Gasteiger partial charge on any atom is -0.487 e. The van der Waals surface area contributed by atoms with Crippen LogP contribution in [0.3, 0.4) is 0 Å². The quantitative estimate of drug-likeness (QED) is 0.761. The SMILES string of the molecule is CCNCc1cc(Br)c(OCC2CNC(=O)O2)c(Br)c1. The molecule has 2 N–H and O–H groups in total. The molecule has 20 heavy (non-hydrogen) atoms. The Morgan fingerprint density at radius 3 is 2.70 bits per heavy atom. The molecule has 7 heteroatoms. The lowest BCUT2D eigenvalue weighted by molar-refractivity contribution is 0.104. The third-order valence-electron chi connectivity index (χ3n) is 2.80. The Labute approximate surface area is 134 Å². The van der Waals surface area contributed by atoms with Gasteiger partial charge in [0.25, 0.3) is 0 Å². The zero-order valence-corrected chi connectivity index (χ0v) is 14.2. The molecule has 1 aromatic carbocycles. The molecule has 0 aromatic heterocycles. The van der Waals surface area contributed by atoms with Gasteiger partial charge in [0.05, 0.1) is 15.5 Å². The first-order chi connectivity index (χ1) is 9.60. The van der Waals surface area contributed by atoms with Gasteiger partial charge in [0.2, 0.25) is 0 Å². The molecule has 110 valence electrons. The van der Waals surface area contributed by atoms with Crippen LogP contribution in [0, 0.1) is 0 Å². The second-order valence-corrected chi connectivity index (χ2v) is 6.10. The second kappa shape index (κ2) is 7.28. The van der Waals surface area contributed by atoms with Gasteiger partial charge < -0.3 is 20.1 Å². The van der Waals surface area contributed by atoms with Crippen LogP contribution in [0.1, 0.15) is 12.5 Å². The maximum Gasteiger partial charge on any atom is 0.407 e. The molecule has 1 atom stereocenters. The maximum atomic E-state index is 10.9. The molecule has 1 heterocycles. The van der Waals surface area contributed by atoms with Crippen molar-refractivity contribution in [3.63, 3.8) is 0 Å². The Hall–Kier alpha value is -0.790. The first kappa shape index (κ1) is 15.6. The predicted octanol–water partition coefficient (Wildman–Crippen LogP) is 2.81. The molecular weight excluding hydrogens is 392 g/mol. The molecule has 0 aliphatic carbocycles. The van der Waals surface area contributed by atoms with Gasteiger partial charge in [-0.25, -0.2) is 4.79 Å². The van der Waals surface area contributed by atoms with Crippen molar-refractivity contribution in [2.75, 3.05) is 19.7 Å². The van der Waals surface area contributed by atoms with Crippen molar-refractivity contribution in [3.8, 4) is 5.75 Å². The van der Waals surface area contributed by atoms with Crippen molar-refractivity contribution < 1.29 is 14.3 Å². The van der Waals surface area contributed by atoms with E-state index in [1.807, 2.05) is 12.1 Å². The Bertz CT molecular complexity index is 473. The van der Waals surface area contributed by atoms with Crippen LogP contribution in [-0.2, 0) is 11.3 Å². The summed E-state index contributed by atoms with van der Waals surface area (Å²) < 4.78 is 12.5. The summed E-state index contributed by atoms with van der Waals surface area (Å²) >= 11 is 7.01. The zero-order chi connectivity index (χ0) is 14.5. The van der Waals surface area contributed by atoms with Gasteiger partial charge in [0, 0.05) is 6.54 Å². The monoisotopic (exact) mass is 406 g/mol. The van der Waals surface area contributed by atoms with Crippen LogP contribution in [-0.4, -0.2) is 31.9 Å². The van der Waals surface area contributed by atoms with Gasteiger partial charge in [-0.2, -0.15) is 0 Å². The van der Waals surface area contributed by atoms with E-state index in [9.17, 15) is 4.79 Å². The number of cyclic esters (lactones) is 1. The third-order valence-corrected chi connectivity index (χ3v) is 3.98. The fourth-order valence-corrected chi connectivity index (χ4v) is 3.33. The smallest absolute Gasteiger partial charge is 0.407 e. The zero-order valence-electron chi connectivity index (χ0n) is 11.0. The van der Waals surface area contributed by atoms with Crippen LogP contribution in [0.25, 0.3) is 0 Å². The average Bonchev–Trinajstić information content (AvgIpc) is 2.81. The number of amides is 1. The van der Waals surface area contributed by atoms with E-state index in [2.05, 4.69) is 49.4 Å². The normalized spacial score (nSPS) is 17.8. The molecule has 1 amide bonds. The lowest BCUT2D eigenvalue weighted by atomic mass is 10.2. The fourth-order valence-electron chi connectivity index (χ4n) is 1.82. The number of benzene rings is 1. The van der Waals surface area contributed by atoms with Crippen molar-refractivity contribution in [2.45, 2.75) is 19.6 Å². The van der Waals surface area contributed by atoms with E-state index in [-0.39, 0.29) is 6.10 Å². The van der Waals surface area contributed by atoms with Crippen LogP contribution in [0.2, 0.25) is 0 Å². The molecular formula is C13H16Br2N2O3. The molecule has 1 aliphatic heterocycles. The van der Waals surface area contributed by atoms with Crippen LogP contribution < -0.4 is 15.4 Å². The van der Waals surface area contributed by atoms with Gasteiger partial charge in [-0.3, -0.25) is 0 Å². The van der Waals surface area contributed by atoms with Crippen molar-refractivity contribution in [3.05, 3.63) is 26.6 Å². The first-order valence-electron chi connectivity index (χ1n) is 6.36. The fraction of sp³-hybridized carbons (Fsp3) is 0.462. The van der Waals surface area contributed by atoms with Gasteiger partial charge in [-0.1, -0.05) is 6.92 Å². The van der Waals surface area contributed by atoms with E-state index in [1.165, 1.54) is 0 Å². The van der Waals surface area contributed by atoms with E-state index < -0.39 is 6.09 Å². The topological polar surface area (TPSA) is 59.6 Å². The van der Waals surface area contributed by atoms with Crippen molar-refractivity contribution >= 4 is 38.0 Å². The largest absolute Gasteiger partial charge is 0.487 e. The number of carbonyl (C=O) groups excluding carboxylic acids is 1. The summed E-state index contributed by atoms with van der Waals surface area (Å²) in [5.41, 5.74) is 1.16. The first-order valence-corrected chi connectivity index (χ1v) is 7.94. The Kier molecular flexibility index (Phi) is 5.68. The van der Waals surface area contributed by atoms with Crippen molar-refractivity contribution in [2.24, 2.45) is 0 Å². The molecule has 1 aliphatic rings. The molecule has 0 saturated carbocycles. The van der Waals surface area contributed by atoms with Gasteiger partial charge in [-0.15, -0.1) is 0 Å². The van der Waals surface area contributed by atoms with E-state index in [1.54, 1.807) is 0 Å².